The number of aromatic carboxylic acids is 1. The van der Waals surface area contributed by atoms with Crippen molar-refractivity contribution in [2.45, 2.75) is 39.7 Å². The third-order valence-corrected chi connectivity index (χ3v) is 5.32. The van der Waals surface area contributed by atoms with Gasteiger partial charge in [0.15, 0.2) is 0 Å². The van der Waals surface area contributed by atoms with Crippen molar-refractivity contribution in [2.24, 2.45) is 11.8 Å². The summed E-state index contributed by atoms with van der Waals surface area (Å²) in [7, 11) is 0. The Balaban J connectivity index is 1.93. The molecular formula is C19H24N2O4. The lowest BCUT2D eigenvalue weighted by atomic mass is 9.83. The minimum absolute atomic E-state index is 0.0433. The average molecular weight is 344 g/mol. The number of fused-ring (bicyclic) bond motifs is 1. The van der Waals surface area contributed by atoms with Gasteiger partial charge in [-0.05, 0) is 45.4 Å². The van der Waals surface area contributed by atoms with Gasteiger partial charge in [-0.1, -0.05) is 11.6 Å². The molecule has 2 aliphatic rings. The van der Waals surface area contributed by atoms with Crippen molar-refractivity contribution in [3.63, 3.8) is 0 Å². The smallest absolute Gasteiger partial charge is 0.341 e. The Morgan fingerprint density at radius 1 is 1.16 bits per heavy atom. The highest BCUT2D eigenvalue weighted by Gasteiger charge is 2.37. The molecule has 0 unspecified atom stereocenters. The number of allylic oxidation sites excluding steroid dienone is 2. The van der Waals surface area contributed by atoms with Crippen LogP contribution in [0.2, 0.25) is 0 Å². The summed E-state index contributed by atoms with van der Waals surface area (Å²) >= 11 is 0. The van der Waals surface area contributed by atoms with Crippen LogP contribution in [0.15, 0.2) is 28.8 Å². The van der Waals surface area contributed by atoms with Gasteiger partial charge >= 0.3 is 5.97 Å². The quantitative estimate of drug-likeness (QED) is 0.855. The standard InChI is InChI=1S/C19H24N2O4/c1-11(2)20-9-15(17(22)16(10-20)19(24)25)18(23)21-7-13-5-4-12(3)6-14(13)8-21/h4,9-11,13-14H,5-8H2,1-3H3,(H,24,25)/t13-,14+/m0/s1. The molecule has 1 saturated heterocycles. The first-order valence-corrected chi connectivity index (χ1v) is 8.72. The molecule has 2 atom stereocenters. The minimum atomic E-state index is -1.30. The highest BCUT2D eigenvalue weighted by Crippen LogP contribution is 2.36. The molecule has 1 N–H and O–H groups in total. The third kappa shape index (κ3) is 3.25. The molecule has 1 aliphatic heterocycles. The van der Waals surface area contributed by atoms with E-state index in [4.69, 9.17) is 0 Å². The van der Waals surface area contributed by atoms with Gasteiger partial charge in [0.25, 0.3) is 5.91 Å². The van der Waals surface area contributed by atoms with Gasteiger partial charge in [-0.2, -0.15) is 0 Å². The van der Waals surface area contributed by atoms with Gasteiger partial charge in [-0.3, -0.25) is 9.59 Å². The van der Waals surface area contributed by atoms with E-state index in [1.807, 2.05) is 13.8 Å². The number of hydrogen-bond acceptors (Lipinski definition) is 3. The molecule has 2 heterocycles. The molecule has 1 fully saturated rings. The highest BCUT2D eigenvalue weighted by molar-refractivity contribution is 5.97. The number of carboxylic acid groups (broad SMARTS) is 1. The molecule has 25 heavy (non-hydrogen) atoms. The zero-order valence-corrected chi connectivity index (χ0v) is 14.9. The van der Waals surface area contributed by atoms with Crippen LogP contribution in [0.3, 0.4) is 0 Å². The van der Waals surface area contributed by atoms with Crippen molar-refractivity contribution >= 4 is 11.9 Å². The van der Waals surface area contributed by atoms with Crippen molar-refractivity contribution in [3.05, 3.63) is 45.4 Å². The van der Waals surface area contributed by atoms with E-state index < -0.39 is 11.4 Å². The lowest BCUT2D eigenvalue weighted by Crippen LogP contribution is -2.35. The number of carbonyl (C=O) groups excluding carboxylic acids is 1. The first-order chi connectivity index (χ1) is 11.8. The maximum Gasteiger partial charge on any atom is 0.341 e. The first kappa shape index (κ1) is 17.5. The number of carbonyl (C=O) groups is 2. The van der Waals surface area contributed by atoms with Crippen LogP contribution in [-0.4, -0.2) is 39.5 Å². The Morgan fingerprint density at radius 2 is 1.80 bits per heavy atom. The van der Waals surface area contributed by atoms with Crippen molar-refractivity contribution in [2.75, 3.05) is 13.1 Å². The molecule has 6 nitrogen and oxygen atoms in total. The van der Waals surface area contributed by atoms with E-state index in [0.29, 0.717) is 24.9 Å². The van der Waals surface area contributed by atoms with Crippen molar-refractivity contribution in [1.82, 2.24) is 9.47 Å². The fraction of sp³-hybridized carbons (Fsp3) is 0.526. The van der Waals surface area contributed by atoms with E-state index in [0.717, 1.165) is 12.8 Å². The van der Waals surface area contributed by atoms with Gasteiger partial charge in [-0.15, -0.1) is 0 Å². The Hall–Kier alpha value is -2.37. The van der Waals surface area contributed by atoms with Gasteiger partial charge in [-0.25, -0.2) is 4.79 Å². The molecule has 1 aromatic heterocycles. The summed E-state index contributed by atoms with van der Waals surface area (Å²) in [5, 5.41) is 9.30. The number of amides is 1. The van der Waals surface area contributed by atoms with Crippen molar-refractivity contribution in [1.29, 1.82) is 0 Å². The van der Waals surface area contributed by atoms with E-state index in [1.54, 1.807) is 9.47 Å². The summed E-state index contributed by atoms with van der Waals surface area (Å²) in [6, 6.07) is -0.0433. The van der Waals surface area contributed by atoms with Crippen molar-refractivity contribution in [3.8, 4) is 0 Å². The monoisotopic (exact) mass is 344 g/mol. The second-order valence-electron chi connectivity index (χ2n) is 7.48. The highest BCUT2D eigenvalue weighted by atomic mass is 16.4. The number of carboxylic acids is 1. The molecule has 1 amide bonds. The second-order valence-corrected chi connectivity index (χ2v) is 7.48. The number of hydrogen-bond donors (Lipinski definition) is 1. The second kappa shape index (κ2) is 6.50. The van der Waals surface area contributed by atoms with Gasteiger partial charge in [0.2, 0.25) is 5.43 Å². The summed E-state index contributed by atoms with van der Waals surface area (Å²) < 4.78 is 1.62. The van der Waals surface area contributed by atoms with Gasteiger partial charge in [0.05, 0.1) is 0 Å². The Kier molecular flexibility index (Phi) is 4.54. The van der Waals surface area contributed by atoms with E-state index in [-0.39, 0.29) is 23.1 Å². The lowest BCUT2D eigenvalue weighted by molar-refractivity contribution is 0.0694. The van der Waals surface area contributed by atoms with Gasteiger partial charge < -0.3 is 14.6 Å². The molecule has 0 spiro atoms. The molecule has 134 valence electrons. The van der Waals surface area contributed by atoms with Gasteiger partial charge in [0, 0.05) is 31.5 Å². The van der Waals surface area contributed by atoms with Crippen molar-refractivity contribution < 1.29 is 14.7 Å². The normalized spacial score (nSPS) is 22.7. The van der Waals surface area contributed by atoms with Crippen LogP contribution in [0.25, 0.3) is 0 Å². The van der Waals surface area contributed by atoms with Crippen LogP contribution in [0.5, 0.6) is 0 Å². The van der Waals surface area contributed by atoms with Crippen LogP contribution >= 0.6 is 0 Å². The molecule has 0 radical (unpaired) electrons. The van der Waals surface area contributed by atoms with Crippen LogP contribution < -0.4 is 5.43 Å². The molecule has 1 aliphatic carbocycles. The predicted octanol–water partition coefficient (Wildman–Crippen LogP) is 2.56. The predicted molar refractivity (Wildman–Crippen MR) is 93.9 cm³/mol. The summed E-state index contributed by atoms with van der Waals surface area (Å²) in [6.07, 6.45) is 6.98. The number of likely N-dealkylation sites (tertiary alicyclic amines) is 1. The first-order valence-electron chi connectivity index (χ1n) is 8.72. The molecule has 0 bridgehead atoms. The summed E-state index contributed by atoms with van der Waals surface area (Å²) in [5.74, 6) is -0.787. The molecule has 1 aromatic rings. The zero-order chi connectivity index (χ0) is 18.3. The van der Waals surface area contributed by atoms with E-state index in [2.05, 4.69) is 13.0 Å². The Morgan fingerprint density at radius 3 is 2.44 bits per heavy atom. The fourth-order valence-electron chi connectivity index (χ4n) is 3.82. The Labute approximate surface area is 146 Å². The minimum Gasteiger partial charge on any atom is -0.477 e. The number of pyridine rings is 1. The van der Waals surface area contributed by atoms with Crippen LogP contribution in [-0.2, 0) is 0 Å². The third-order valence-electron chi connectivity index (χ3n) is 5.32. The van der Waals surface area contributed by atoms with Crippen LogP contribution in [0.1, 0.15) is 60.4 Å². The van der Waals surface area contributed by atoms with E-state index >= 15 is 0 Å². The van der Waals surface area contributed by atoms with E-state index in [1.165, 1.54) is 18.0 Å². The molecule has 0 aromatic carbocycles. The number of nitrogens with zero attached hydrogens (tertiary/aromatic N) is 2. The topological polar surface area (TPSA) is 79.6 Å². The average Bonchev–Trinajstić information content (AvgIpc) is 2.96. The molecule has 3 rings (SSSR count). The van der Waals surface area contributed by atoms with Crippen LogP contribution in [0, 0.1) is 11.8 Å². The Bertz CT molecular complexity index is 806. The summed E-state index contributed by atoms with van der Waals surface area (Å²) in [5.41, 5.74) is 0.259. The fourth-order valence-corrected chi connectivity index (χ4v) is 3.82. The summed E-state index contributed by atoms with van der Waals surface area (Å²) in [6.45, 7) is 7.13. The maximum atomic E-state index is 12.9. The number of rotatable bonds is 3. The van der Waals surface area contributed by atoms with E-state index in [9.17, 15) is 19.5 Å². The largest absolute Gasteiger partial charge is 0.477 e. The zero-order valence-electron chi connectivity index (χ0n) is 14.9. The molecule has 0 saturated carbocycles. The summed E-state index contributed by atoms with van der Waals surface area (Å²) in [4.78, 5) is 38.5. The van der Waals surface area contributed by atoms with Crippen LogP contribution in [0.4, 0.5) is 0 Å². The SMILES string of the molecule is CC1=CC[C@H]2CN(C(=O)c3cn(C(C)C)cc(C(=O)O)c3=O)C[C@H]2C1. The number of aromatic nitrogens is 1. The lowest BCUT2D eigenvalue weighted by Gasteiger charge is -2.21. The maximum absolute atomic E-state index is 12.9. The molecule has 6 heteroatoms. The molecular weight excluding hydrogens is 320 g/mol. The van der Waals surface area contributed by atoms with Gasteiger partial charge in [0.1, 0.15) is 11.1 Å².